The van der Waals surface area contributed by atoms with Crippen molar-refractivity contribution in [3.05, 3.63) is 71.7 Å². The van der Waals surface area contributed by atoms with Crippen molar-refractivity contribution in [3.63, 3.8) is 0 Å². The Kier molecular flexibility index (Phi) is 3.69. The van der Waals surface area contributed by atoms with E-state index in [1.54, 1.807) is 6.20 Å². The molecule has 0 radical (unpaired) electrons. The third-order valence-corrected chi connectivity index (χ3v) is 4.30. The van der Waals surface area contributed by atoms with Crippen LogP contribution in [0.25, 0.3) is 16.7 Å². The fourth-order valence-electron chi connectivity index (χ4n) is 2.67. The van der Waals surface area contributed by atoms with E-state index in [4.69, 9.17) is 4.74 Å². The molecule has 2 heterocycles. The van der Waals surface area contributed by atoms with Gasteiger partial charge in [0.1, 0.15) is 17.5 Å². The summed E-state index contributed by atoms with van der Waals surface area (Å²) in [6, 6.07) is 14.1. The monoisotopic (exact) mass is 330 g/mol. The molecule has 0 aliphatic heterocycles. The highest BCUT2D eigenvalue weighted by atomic mass is 16.5. The summed E-state index contributed by atoms with van der Waals surface area (Å²) < 4.78 is 7.75. The Labute approximate surface area is 145 Å². The molecule has 124 valence electrons. The average Bonchev–Trinajstić information content (AvgIpc) is 3.04. The van der Waals surface area contributed by atoms with Gasteiger partial charge in [-0.05, 0) is 56.2 Å². The van der Waals surface area contributed by atoms with Gasteiger partial charge in [-0.15, -0.1) is 0 Å². The number of ether oxygens (including phenoxy) is 1. The molecule has 5 nitrogen and oxygen atoms in total. The summed E-state index contributed by atoms with van der Waals surface area (Å²) in [4.78, 5) is 8.67. The van der Waals surface area contributed by atoms with Crippen molar-refractivity contribution < 1.29 is 4.74 Å². The Bertz CT molecular complexity index is 1050. The second-order valence-corrected chi connectivity index (χ2v) is 6.16. The van der Waals surface area contributed by atoms with Crippen molar-refractivity contribution in [2.24, 2.45) is 0 Å². The second-order valence-electron chi connectivity index (χ2n) is 6.16. The van der Waals surface area contributed by atoms with Gasteiger partial charge in [0.2, 0.25) is 5.88 Å². The van der Waals surface area contributed by atoms with Crippen LogP contribution in [0.2, 0.25) is 0 Å². The lowest BCUT2D eigenvalue weighted by Gasteiger charge is -2.07. The molecule has 0 unspecified atom stereocenters. The topological polar surface area (TPSA) is 52.8 Å². The van der Waals surface area contributed by atoms with E-state index in [0.29, 0.717) is 5.88 Å². The van der Waals surface area contributed by atoms with Gasteiger partial charge >= 0.3 is 0 Å². The number of aryl methyl sites for hydroxylation is 3. The molecule has 4 rings (SSSR count). The molecule has 2 aromatic carbocycles. The summed E-state index contributed by atoms with van der Waals surface area (Å²) in [5, 5.41) is 5.27. The minimum atomic E-state index is 0.504. The van der Waals surface area contributed by atoms with E-state index in [1.165, 1.54) is 23.0 Å². The molecule has 0 aliphatic rings. The third kappa shape index (κ3) is 2.85. The summed E-state index contributed by atoms with van der Waals surface area (Å²) in [5.41, 5.74) is 5.34. The molecule has 0 atom stereocenters. The number of benzene rings is 2. The van der Waals surface area contributed by atoms with E-state index >= 15 is 0 Å². The number of hydrogen-bond acceptors (Lipinski definition) is 4. The molecule has 0 fully saturated rings. The fourth-order valence-corrected chi connectivity index (χ4v) is 2.67. The SMILES string of the molecule is Cc1ccc(Oc2ncnc3c2cnn3-c2ccc(C)c(C)c2)cc1. The molecule has 0 N–H and O–H groups in total. The minimum Gasteiger partial charge on any atom is -0.438 e. The first-order valence-electron chi connectivity index (χ1n) is 8.13. The Morgan fingerprint density at radius 1 is 0.880 bits per heavy atom. The summed E-state index contributed by atoms with van der Waals surface area (Å²) in [5.74, 6) is 1.24. The van der Waals surface area contributed by atoms with E-state index in [-0.39, 0.29) is 0 Å². The molecular weight excluding hydrogens is 312 g/mol. The first-order chi connectivity index (χ1) is 12.1. The van der Waals surface area contributed by atoms with Gasteiger partial charge in [-0.2, -0.15) is 5.10 Å². The zero-order chi connectivity index (χ0) is 17.4. The third-order valence-electron chi connectivity index (χ3n) is 4.30. The maximum Gasteiger partial charge on any atom is 0.233 e. The van der Waals surface area contributed by atoms with Crippen LogP contribution < -0.4 is 4.74 Å². The lowest BCUT2D eigenvalue weighted by molar-refractivity contribution is 0.468. The molecule has 0 saturated carbocycles. The molecule has 0 bridgehead atoms. The van der Waals surface area contributed by atoms with Crippen LogP contribution in [0.4, 0.5) is 0 Å². The van der Waals surface area contributed by atoms with E-state index < -0.39 is 0 Å². The van der Waals surface area contributed by atoms with Crippen LogP contribution in [0.15, 0.2) is 55.0 Å². The van der Waals surface area contributed by atoms with Crippen molar-refractivity contribution in [1.29, 1.82) is 0 Å². The first-order valence-corrected chi connectivity index (χ1v) is 8.13. The van der Waals surface area contributed by atoms with Crippen molar-refractivity contribution in [2.45, 2.75) is 20.8 Å². The van der Waals surface area contributed by atoms with Gasteiger partial charge in [-0.25, -0.2) is 14.6 Å². The number of aromatic nitrogens is 4. The number of nitrogens with zero attached hydrogens (tertiary/aromatic N) is 4. The summed E-state index contributed by atoms with van der Waals surface area (Å²) in [7, 11) is 0. The number of hydrogen-bond donors (Lipinski definition) is 0. The summed E-state index contributed by atoms with van der Waals surface area (Å²) in [6.07, 6.45) is 3.25. The quantitative estimate of drug-likeness (QED) is 0.554. The van der Waals surface area contributed by atoms with Crippen LogP contribution in [-0.2, 0) is 0 Å². The zero-order valence-electron chi connectivity index (χ0n) is 14.4. The summed E-state index contributed by atoms with van der Waals surface area (Å²) >= 11 is 0. The molecular formula is C20H18N4O. The van der Waals surface area contributed by atoms with Gasteiger partial charge in [-0.3, -0.25) is 0 Å². The van der Waals surface area contributed by atoms with Crippen molar-refractivity contribution in [3.8, 4) is 17.3 Å². The lowest BCUT2D eigenvalue weighted by atomic mass is 10.1. The van der Waals surface area contributed by atoms with Crippen LogP contribution in [0.3, 0.4) is 0 Å². The van der Waals surface area contributed by atoms with Crippen LogP contribution in [0, 0.1) is 20.8 Å². The maximum atomic E-state index is 5.93. The van der Waals surface area contributed by atoms with Crippen molar-refractivity contribution >= 4 is 11.0 Å². The van der Waals surface area contributed by atoms with E-state index in [2.05, 4.69) is 41.0 Å². The Morgan fingerprint density at radius 3 is 2.44 bits per heavy atom. The predicted molar refractivity (Wildman–Crippen MR) is 97.4 cm³/mol. The highest BCUT2D eigenvalue weighted by Crippen LogP contribution is 2.28. The predicted octanol–water partition coefficient (Wildman–Crippen LogP) is 4.53. The number of rotatable bonds is 3. The molecule has 4 aromatic rings. The molecule has 25 heavy (non-hydrogen) atoms. The molecule has 2 aromatic heterocycles. The van der Waals surface area contributed by atoms with Crippen molar-refractivity contribution in [1.82, 2.24) is 19.7 Å². The minimum absolute atomic E-state index is 0.504. The highest BCUT2D eigenvalue weighted by Gasteiger charge is 2.13. The van der Waals surface area contributed by atoms with Gasteiger partial charge in [0.05, 0.1) is 11.9 Å². The normalized spacial score (nSPS) is 11.0. The Hall–Kier alpha value is -3.21. The van der Waals surface area contributed by atoms with Gasteiger partial charge in [0, 0.05) is 0 Å². The Balaban J connectivity index is 1.77. The van der Waals surface area contributed by atoms with Crippen LogP contribution >= 0.6 is 0 Å². The summed E-state index contributed by atoms with van der Waals surface area (Å²) in [6.45, 7) is 6.22. The Morgan fingerprint density at radius 2 is 1.68 bits per heavy atom. The molecule has 0 amide bonds. The van der Waals surface area contributed by atoms with Gasteiger partial charge in [0.25, 0.3) is 0 Å². The van der Waals surface area contributed by atoms with Crippen molar-refractivity contribution in [2.75, 3.05) is 0 Å². The van der Waals surface area contributed by atoms with Crippen LogP contribution in [0.1, 0.15) is 16.7 Å². The van der Waals surface area contributed by atoms with Gasteiger partial charge in [-0.1, -0.05) is 23.8 Å². The molecule has 0 saturated heterocycles. The van der Waals surface area contributed by atoms with E-state index in [0.717, 1.165) is 22.5 Å². The lowest BCUT2D eigenvalue weighted by Crippen LogP contribution is -1.99. The standard InChI is InChI=1S/C20H18N4O/c1-13-4-8-17(9-5-13)25-20-18-11-23-24(19(18)21-12-22-20)16-7-6-14(2)15(3)10-16/h4-12H,1-3H3. The van der Waals surface area contributed by atoms with Gasteiger partial charge in [0.15, 0.2) is 5.65 Å². The van der Waals surface area contributed by atoms with E-state index in [1.807, 2.05) is 41.9 Å². The maximum absolute atomic E-state index is 5.93. The van der Waals surface area contributed by atoms with E-state index in [9.17, 15) is 0 Å². The smallest absolute Gasteiger partial charge is 0.233 e. The largest absolute Gasteiger partial charge is 0.438 e. The van der Waals surface area contributed by atoms with Crippen LogP contribution in [0.5, 0.6) is 11.6 Å². The molecule has 5 heteroatoms. The second kappa shape index (κ2) is 6.02. The van der Waals surface area contributed by atoms with Crippen LogP contribution in [-0.4, -0.2) is 19.7 Å². The highest BCUT2D eigenvalue weighted by molar-refractivity contribution is 5.81. The zero-order valence-corrected chi connectivity index (χ0v) is 14.4. The average molecular weight is 330 g/mol. The first kappa shape index (κ1) is 15.3. The number of fused-ring (bicyclic) bond motifs is 1. The fraction of sp³-hybridized carbons (Fsp3) is 0.150. The van der Waals surface area contributed by atoms with Gasteiger partial charge < -0.3 is 4.74 Å². The molecule has 0 spiro atoms. The molecule has 0 aliphatic carbocycles.